The summed E-state index contributed by atoms with van der Waals surface area (Å²) >= 11 is 1.26. The molecule has 3 heteroatoms. The van der Waals surface area contributed by atoms with Gasteiger partial charge in [0.1, 0.15) is 11.6 Å². The Hall–Kier alpha value is -0.830. The fourth-order valence-corrected chi connectivity index (χ4v) is 1.89. The van der Waals surface area contributed by atoms with Gasteiger partial charge in [-0.25, -0.2) is 4.39 Å². The van der Waals surface area contributed by atoms with Crippen LogP contribution in [0.5, 0.6) is 0 Å². The molecule has 14 heavy (non-hydrogen) atoms. The minimum atomic E-state index is -0.256. The fourth-order valence-electron chi connectivity index (χ4n) is 0.877. The summed E-state index contributed by atoms with van der Waals surface area (Å²) in [4.78, 5) is 11.8. The molecular formula is C11H13FOS. The zero-order valence-electron chi connectivity index (χ0n) is 8.29. The molecule has 0 aliphatic heterocycles. The molecular weight excluding hydrogens is 199 g/mol. The van der Waals surface area contributed by atoms with Crippen LogP contribution in [0.4, 0.5) is 4.39 Å². The quantitative estimate of drug-likeness (QED) is 0.713. The molecule has 0 N–H and O–H groups in total. The molecule has 0 amide bonds. The van der Waals surface area contributed by atoms with Gasteiger partial charge in [0.2, 0.25) is 0 Å². The van der Waals surface area contributed by atoms with Crippen molar-refractivity contribution in [3.05, 3.63) is 30.1 Å². The van der Waals surface area contributed by atoms with Crippen LogP contribution in [0.2, 0.25) is 0 Å². The number of hydrogen-bond acceptors (Lipinski definition) is 2. The van der Waals surface area contributed by atoms with Crippen molar-refractivity contribution < 1.29 is 9.18 Å². The summed E-state index contributed by atoms with van der Waals surface area (Å²) in [6.07, 6.45) is 0. The predicted octanol–water partition coefficient (Wildman–Crippen LogP) is 3.14. The van der Waals surface area contributed by atoms with Gasteiger partial charge in [0, 0.05) is 10.8 Å². The molecule has 1 aromatic rings. The molecule has 0 atom stereocenters. The van der Waals surface area contributed by atoms with Crippen LogP contribution < -0.4 is 0 Å². The van der Waals surface area contributed by atoms with E-state index in [1.807, 2.05) is 13.8 Å². The van der Waals surface area contributed by atoms with Crippen molar-refractivity contribution in [2.75, 3.05) is 5.75 Å². The first-order chi connectivity index (χ1) is 6.61. The number of carbonyl (C=O) groups is 1. The zero-order valence-corrected chi connectivity index (χ0v) is 9.10. The molecule has 0 aromatic heterocycles. The third-order valence-corrected chi connectivity index (χ3v) is 2.92. The van der Waals surface area contributed by atoms with E-state index in [-0.39, 0.29) is 17.5 Å². The van der Waals surface area contributed by atoms with Crippen LogP contribution in [-0.4, -0.2) is 11.5 Å². The summed E-state index contributed by atoms with van der Waals surface area (Å²) in [5, 5.41) is 0. The number of rotatable bonds is 4. The molecule has 1 rings (SSSR count). The Morgan fingerprint density at radius 1 is 1.43 bits per heavy atom. The lowest BCUT2D eigenvalue weighted by Crippen LogP contribution is -2.09. The first-order valence-electron chi connectivity index (χ1n) is 4.51. The molecule has 0 spiro atoms. The lowest BCUT2D eigenvalue weighted by Gasteiger charge is -2.04. The van der Waals surface area contributed by atoms with Crippen LogP contribution in [0.25, 0.3) is 0 Å². The van der Waals surface area contributed by atoms with Crippen molar-refractivity contribution in [1.29, 1.82) is 0 Å². The maximum Gasteiger partial charge on any atom is 0.145 e. The first kappa shape index (κ1) is 11.2. The summed E-state index contributed by atoms with van der Waals surface area (Å²) in [7, 11) is 0. The highest BCUT2D eigenvalue weighted by Crippen LogP contribution is 2.21. The first-order valence-corrected chi connectivity index (χ1v) is 5.50. The molecule has 76 valence electrons. The van der Waals surface area contributed by atoms with Gasteiger partial charge in [-0.05, 0) is 12.1 Å². The van der Waals surface area contributed by atoms with E-state index in [1.165, 1.54) is 17.8 Å². The monoisotopic (exact) mass is 212 g/mol. The van der Waals surface area contributed by atoms with Gasteiger partial charge in [0.05, 0.1) is 5.75 Å². The van der Waals surface area contributed by atoms with Crippen LogP contribution in [0.15, 0.2) is 29.2 Å². The number of ketones is 1. The molecule has 0 saturated carbocycles. The van der Waals surface area contributed by atoms with E-state index in [9.17, 15) is 9.18 Å². The van der Waals surface area contributed by atoms with Crippen LogP contribution in [0.1, 0.15) is 13.8 Å². The summed E-state index contributed by atoms with van der Waals surface area (Å²) in [6, 6.07) is 6.50. The highest BCUT2D eigenvalue weighted by molar-refractivity contribution is 8.00. The molecule has 1 nitrogen and oxygen atoms in total. The van der Waals surface area contributed by atoms with Crippen molar-refractivity contribution >= 4 is 17.5 Å². The Morgan fingerprint density at radius 2 is 2.07 bits per heavy atom. The summed E-state index contributed by atoms with van der Waals surface area (Å²) in [5.41, 5.74) is 0. The van der Waals surface area contributed by atoms with Gasteiger partial charge in [-0.2, -0.15) is 0 Å². The van der Waals surface area contributed by atoms with E-state index in [2.05, 4.69) is 0 Å². The number of hydrogen-bond donors (Lipinski definition) is 0. The van der Waals surface area contributed by atoms with Crippen molar-refractivity contribution in [3.63, 3.8) is 0 Å². The second kappa shape index (κ2) is 5.15. The smallest absolute Gasteiger partial charge is 0.145 e. The molecule has 0 radical (unpaired) electrons. The largest absolute Gasteiger partial charge is 0.298 e. The molecule has 0 saturated heterocycles. The third-order valence-electron chi connectivity index (χ3n) is 1.85. The number of carbonyl (C=O) groups excluding carboxylic acids is 1. The Balaban J connectivity index is 2.54. The van der Waals surface area contributed by atoms with E-state index < -0.39 is 0 Å². The Kier molecular flexibility index (Phi) is 4.14. The molecule has 0 aliphatic rings. The topological polar surface area (TPSA) is 17.1 Å². The molecule has 0 aliphatic carbocycles. The van der Waals surface area contributed by atoms with E-state index in [0.717, 1.165) is 0 Å². The number of halogens is 1. The normalized spacial score (nSPS) is 10.6. The zero-order chi connectivity index (χ0) is 10.6. The van der Waals surface area contributed by atoms with E-state index in [4.69, 9.17) is 0 Å². The fraction of sp³-hybridized carbons (Fsp3) is 0.364. The van der Waals surface area contributed by atoms with Crippen molar-refractivity contribution in [1.82, 2.24) is 0 Å². The molecule has 0 fully saturated rings. The summed E-state index contributed by atoms with van der Waals surface area (Å²) in [5.74, 6) is 0.264. The van der Waals surface area contributed by atoms with Crippen LogP contribution in [0, 0.1) is 11.7 Å². The van der Waals surface area contributed by atoms with Crippen molar-refractivity contribution in [3.8, 4) is 0 Å². The summed E-state index contributed by atoms with van der Waals surface area (Å²) < 4.78 is 13.1. The minimum Gasteiger partial charge on any atom is -0.298 e. The average Bonchev–Trinajstić information content (AvgIpc) is 2.16. The lowest BCUT2D eigenvalue weighted by molar-refractivity contribution is -0.119. The second-order valence-corrected chi connectivity index (χ2v) is 4.36. The lowest BCUT2D eigenvalue weighted by atomic mass is 10.1. The highest BCUT2D eigenvalue weighted by atomic mass is 32.2. The van der Waals surface area contributed by atoms with E-state index >= 15 is 0 Å². The standard InChI is InChI=1S/C11H13FOS/c1-8(2)10(13)7-14-11-6-4-3-5-9(11)12/h3-6,8H,7H2,1-2H3. The van der Waals surface area contributed by atoms with Crippen molar-refractivity contribution in [2.24, 2.45) is 5.92 Å². The summed E-state index contributed by atoms with van der Waals surface area (Å²) in [6.45, 7) is 3.70. The Labute approximate surface area is 87.7 Å². The average molecular weight is 212 g/mol. The predicted molar refractivity (Wildman–Crippen MR) is 57.0 cm³/mol. The number of thioether (sulfide) groups is 1. The Morgan fingerprint density at radius 3 is 2.64 bits per heavy atom. The molecule has 0 heterocycles. The van der Waals surface area contributed by atoms with E-state index in [1.54, 1.807) is 18.2 Å². The molecule has 1 aromatic carbocycles. The van der Waals surface area contributed by atoms with Gasteiger partial charge >= 0.3 is 0 Å². The van der Waals surface area contributed by atoms with E-state index in [0.29, 0.717) is 10.6 Å². The van der Waals surface area contributed by atoms with Gasteiger partial charge in [0.25, 0.3) is 0 Å². The molecule has 0 bridgehead atoms. The van der Waals surface area contributed by atoms with Gasteiger partial charge in [-0.3, -0.25) is 4.79 Å². The number of benzene rings is 1. The highest BCUT2D eigenvalue weighted by Gasteiger charge is 2.09. The molecule has 0 unspecified atom stereocenters. The minimum absolute atomic E-state index is 0.0225. The van der Waals surface area contributed by atoms with Crippen molar-refractivity contribution in [2.45, 2.75) is 18.7 Å². The Bertz CT molecular complexity index is 323. The third kappa shape index (κ3) is 3.14. The van der Waals surface area contributed by atoms with Gasteiger partial charge in [-0.15, -0.1) is 11.8 Å². The maximum atomic E-state index is 13.1. The van der Waals surface area contributed by atoms with Gasteiger partial charge in [0.15, 0.2) is 0 Å². The maximum absolute atomic E-state index is 13.1. The SMILES string of the molecule is CC(C)C(=O)CSc1ccccc1F. The number of Topliss-reactive ketones (excluding diaryl/α,β-unsaturated/α-hetero) is 1. The van der Waals surface area contributed by atoms with Gasteiger partial charge in [-0.1, -0.05) is 26.0 Å². The van der Waals surface area contributed by atoms with Crippen LogP contribution in [0.3, 0.4) is 0 Å². The van der Waals surface area contributed by atoms with Crippen LogP contribution in [-0.2, 0) is 4.79 Å². The second-order valence-electron chi connectivity index (χ2n) is 3.34. The van der Waals surface area contributed by atoms with Crippen LogP contribution >= 0.6 is 11.8 Å². The van der Waals surface area contributed by atoms with Gasteiger partial charge < -0.3 is 0 Å².